The third-order valence-electron chi connectivity index (χ3n) is 7.16. The molecule has 0 N–H and O–H groups in total. The highest BCUT2D eigenvalue weighted by Gasteiger charge is 2.40. The number of unbranched alkanes of at least 4 members (excludes halogenated alkanes) is 1. The van der Waals surface area contributed by atoms with Crippen molar-refractivity contribution >= 4 is 11.6 Å². The fourth-order valence-corrected chi connectivity index (χ4v) is 5.84. The van der Waals surface area contributed by atoms with E-state index in [1.807, 2.05) is 0 Å². The highest BCUT2D eigenvalue weighted by Crippen LogP contribution is 2.41. The van der Waals surface area contributed by atoms with Crippen LogP contribution in [0.3, 0.4) is 0 Å². The summed E-state index contributed by atoms with van der Waals surface area (Å²) in [4.78, 5) is 17.5. The number of nitrogens with zero attached hydrogens (tertiary/aromatic N) is 2. The first-order chi connectivity index (χ1) is 13.2. The molecular formula is C24H36N2O. The van der Waals surface area contributed by atoms with Gasteiger partial charge in [-0.15, -0.1) is 0 Å². The van der Waals surface area contributed by atoms with E-state index in [2.05, 4.69) is 47.9 Å². The summed E-state index contributed by atoms with van der Waals surface area (Å²) in [7, 11) is 0. The second-order valence-corrected chi connectivity index (χ2v) is 9.30. The maximum Gasteiger partial charge on any atom is 0.227 e. The van der Waals surface area contributed by atoms with E-state index in [0.717, 1.165) is 43.2 Å². The Labute approximate surface area is 165 Å². The molecule has 0 aromatic heterocycles. The molecule has 1 amide bonds. The highest BCUT2D eigenvalue weighted by atomic mass is 16.2. The quantitative estimate of drug-likeness (QED) is 0.673. The third kappa shape index (κ3) is 4.08. The van der Waals surface area contributed by atoms with E-state index in [-0.39, 0.29) is 0 Å². The molecule has 2 bridgehead atoms. The van der Waals surface area contributed by atoms with Crippen molar-refractivity contribution < 1.29 is 4.79 Å². The third-order valence-corrected chi connectivity index (χ3v) is 7.16. The van der Waals surface area contributed by atoms with Gasteiger partial charge < -0.3 is 4.90 Å². The molecule has 1 aromatic rings. The lowest BCUT2D eigenvalue weighted by Crippen LogP contribution is -2.47. The molecule has 3 nitrogen and oxygen atoms in total. The van der Waals surface area contributed by atoms with Crippen LogP contribution in [0.25, 0.3) is 0 Å². The van der Waals surface area contributed by atoms with Crippen molar-refractivity contribution in [1.29, 1.82) is 0 Å². The van der Waals surface area contributed by atoms with Gasteiger partial charge in [-0.25, -0.2) is 0 Å². The Kier molecular flexibility index (Phi) is 5.87. The van der Waals surface area contributed by atoms with Gasteiger partial charge in [0, 0.05) is 37.3 Å². The van der Waals surface area contributed by atoms with E-state index >= 15 is 0 Å². The standard InChI is InChI=1S/C24H36N2O/c1-3-4-7-19-14-21-11-12-22(15-19)25(21)16-18(2)17-26-23-9-6-5-8-20(23)10-13-24(26)27/h5-6,8-9,18-19,21-22H,3-4,7,10-17H2,1-2H3/t18?,19?,21-,22+. The number of hydrogen-bond donors (Lipinski definition) is 0. The van der Waals surface area contributed by atoms with Crippen LogP contribution in [0, 0.1) is 11.8 Å². The van der Waals surface area contributed by atoms with E-state index in [4.69, 9.17) is 0 Å². The van der Waals surface area contributed by atoms with Gasteiger partial charge in [-0.3, -0.25) is 9.69 Å². The van der Waals surface area contributed by atoms with Crippen LogP contribution in [-0.2, 0) is 11.2 Å². The lowest BCUT2D eigenvalue weighted by Gasteiger charge is -2.41. The zero-order valence-electron chi connectivity index (χ0n) is 17.2. The Morgan fingerprint density at radius 2 is 1.81 bits per heavy atom. The van der Waals surface area contributed by atoms with Crippen LogP contribution in [0.2, 0.25) is 0 Å². The van der Waals surface area contributed by atoms with Crippen LogP contribution in [-0.4, -0.2) is 36.0 Å². The Balaban J connectivity index is 1.36. The summed E-state index contributed by atoms with van der Waals surface area (Å²) in [5, 5.41) is 0. The van der Waals surface area contributed by atoms with E-state index in [0.29, 0.717) is 18.2 Å². The summed E-state index contributed by atoms with van der Waals surface area (Å²) in [6.07, 6.45) is 11.3. The number of carbonyl (C=O) groups is 1. The predicted octanol–water partition coefficient (Wildman–Crippen LogP) is 5.04. The molecule has 4 atom stereocenters. The van der Waals surface area contributed by atoms with E-state index in [1.54, 1.807) is 0 Å². The van der Waals surface area contributed by atoms with Crippen LogP contribution >= 0.6 is 0 Å². The molecular weight excluding hydrogens is 332 g/mol. The number of rotatable bonds is 7. The van der Waals surface area contributed by atoms with Gasteiger partial charge >= 0.3 is 0 Å². The second-order valence-electron chi connectivity index (χ2n) is 9.30. The molecule has 1 aromatic carbocycles. The Morgan fingerprint density at radius 1 is 1.07 bits per heavy atom. The smallest absolute Gasteiger partial charge is 0.227 e. The molecule has 3 aliphatic rings. The first-order valence-electron chi connectivity index (χ1n) is 11.3. The van der Waals surface area contributed by atoms with Crippen LogP contribution in [0.15, 0.2) is 24.3 Å². The topological polar surface area (TPSA) is 23.6 Å². The maximum absolute atomic E-state index is 12.6. The lowest BCUT2D eigenvalue weighted by atomic mass is 9.86. The second kappa shape index (κ2) is 8.34. The normalized spacial score (nSPS) is 29.0. The molecule has 27 heavy (non-hydrogen) atoms. The first kappa shape index (κ1) is 19.0. The molecule has 3 heteroatoms. The SMILES string of the molecule is CCCCC1C[C@H]2CC[C@@H](C1)N2CC(C)CN1C(=O)CCc2ccccc21. The largest absolute Gasteiger partial charge is 0.312 e. The molecule has 0 radical (unpaired) electrons. The average molecular weight is 369 g/mol. The number of amides is 1. The minimum atomic E-state index is 0.307. The summed E-state index contributed by atoms with van der Waals surface area (Å²) in [6.45, 7) is 6.67. The monoisotopic (exact) mass is 368 g/mol. The molecule has 2 fully saturated rings. The summed E-state index contributed by atoms with van der Waals surface area (Å²) >= 11 is 0. The molecule has 0 spiro atoms. The van der Waals surface area contributed by atoms with Crippen LogP contribution < -0.4 is 4.90 Å². The minimum absolute atomic E-state index is 0.307. The van der Waals surface area contributed by atoms with E-state index in [9.17, 15) is 4.79 Å². The van der Waals surface area contributed by atoms with Gasteiger partial charge in [0.05, 0.1) is 0 Å². The number of carbonyl (C=O) groups excluding carboxylic acids is 1. The number of benzene rings is 1. The van der Waals surface area contributed by atoms with E-state index < -0.39 is 0 Å². The predicted molar refractivity (Wildman–Crippen MR) is 112 cm³/mol. The van der Waals surface area contributed by atoms with Crippen molar-refractivity contribution in [2.75, 3.05) is 18.0 Å². The maximum atomic E-state index is 12.6. The Bertz CT molecular complexity index is 644. The summed E-state index contributed by atoms with van der Waals surface area (Å²) < 4.78 is 0. The highest BCUT2D eigenvalue weighted by molar-refractivity contribution is 5.96. The van der Waals surface area contributed by atoms with Crippen molar-refractivity contribution in [1.82, 2.24) is 4.90 Å². The van der Waals surface area contributed by atoms with Crippen molar-refractivity contribution in [3.63, 3.8) is 0 Å². The number of anilines is 1. The van der Waals surface area contributed by atoms with Crippen molar-refractivity contribution in [3.8, 4) is 0 Å². The van der Waals surface area contributed by atoms with Gasteiger partial charge in [0.1, 0.15) is 0 Å². The minimum Gasteiger partial charge on any atom is -0.312 e. The van der Waals surface area contributed by atoms with Crippen LogP contribution in [0.1, 0.15) is 70.8 Å². The van der Waals surface area contributed by atoms with Gasteiger partial charge in [-0.1, -0.05) is 51.3 Å². The fourth-order valence-electron chi connectivity index (χ4n) is 5.84. The zero-order valence-corrected chi connectivity index (χ0v) is 17.2. The Hall–Kier alpha value is -1.35. The van der Waals surface area contributed by atoms with Crippen LogP contribution in [0.5, 0.6) is 0 Å². The molecule has 148 valence electrons. The van der Waals surface area contributed by atoms with Gasteiger partial charge in [0.15, 0.2) is 0 Å². The van der Waals surface area contributed by atoms with Crippen LogP contribution in [0.4, 0.5) is 5.69 Å². The zero-order chi connectivity index (χ0) is 18.8. The van der Waals surface area contributed by atoms with Crippen molar-refractivity contribution in [2.24, 2.45) is 11.8 Å². The van der Waals surface area contributed by atoms with Gasteiger partial charge in [-0.2, -0.15) is 0 Å². The number of para-hydroxylation sites is 1. The molecule has 2 saturated heterocycles. The van der Waals surface area contributed by atoms with Crippen molar-refractivity contribution in [3.05, 3.63) is 29.8 Å². The molecule has 3 aliphatic heterocycles. The number of aryl methyl sites for hydroxylation is 1. The Morgan fingerprint density at radius 3 is 2.56 bits per heavy atom. The number of piperidine rings is 1. The summed E-state index contributed by atoms with van der Waals surface area (Å²) in [6, 6.07) is 10.1. The summed E-state index contributed by atoms with van der Waals surface area (Å²) in [5.41, 5.74) is 2.49. The molecule has 4 rings (SSSR count). The first-order valence-corrected chi connectivity index (χ1v) is 11.3. The average Bonchev–Trinajstić information content (AvgIpc) is 2.90. The lowest BCUT2D eigenvalue weighted by molar-refractivity contribution is -0.119. The summed E-state index contributed by atoms with van der Waals surface area (Å²) in [5.74, 6) is 1.79. The van der Waals surface area contributed by atoms with Crippen molar-refractivity contribution in [2.45, 2.75) is 83.7 Å². The molecule has 3 heterocycles. The fraction of sp³-hybridized carbons (Fsp3) is 0.708. The molecule has 0 aliphatic carbocycles. The number of fused-ring (bicyclic) bond motifs is 3. The van der Waals surface area contributed by atoms with E-state index in [1.165, 1.54) is 50.5 Å². The van der Waals surface area contributed by atoms with Gasteiger partial charge in [-0.05, 0) is 55.6 Å². The van der Waals surface area contributed by atoms with Gasteiger partial charge in [0.2, 0.25) is 5.91 Å². The number of hydrogen-bond acceptors (Lipinski definition) is 2. The van der Waals surface area contributed by atoms with Gasteiger partial charge in [0.25, 0.3) is 0 Å². The molecule has 0 saturated carbocycles. The molecule has 2 unspecified atom stereocenters.